The molecule has 90 valence electrons. The van der Waals surface area contributed by atoms with Crippen molar-refractivity contribution in [1.29, 1.82) is 5.26 Å². The number of hydrogen-bond donors (Lipinski definition) is 0. The van der Waals surface area contributed by atoms with Crippen LogP contribution >= 0.6 is 27.7 Å². The van der Waals surface area contributed by atoms with Gasteiger partial charge in [0.2, 0.25) is 0 Å². The Morgan fingerprint density at radius 2 is 1.94 bits per heavy atom. The number of ether oxygens (including phenoxy) is 1. The van der Waals surface area contributed by atoms with Crippen molar-refractivity contribution < 1.29 is 4.74 Å². The van der Waals surface area contributed by atoms with Crippen LogP contribution in [-0.2, 0) is 0 Å². The van der Waals surface area contributed by atoms with E-state index in [9.17, 15) is 0 Å². The average Bonchev–Trinajstić information content (AvgIpc) is 2.41. The molecule has 0 saturated heterocycles. The minimum Gasteiger partial charge on any atom is -0.455 e. The van der Waals surface area contributed by atoms with Crippen molar-refractivity contribution in [1.82, 2.24) is 0 Å². The molecule has 0 radical (unpaired) electrons. The van der Waals surface area contributed by atoms with E-state index in [1.54, 1.807) is 30.0 Å². The van der Waals surface area contributed by atoms with Gasteiger partial charge in [-0.25, -0.2) is 0 Å². The van der Waals surface area contributed by atoms with Gasteiger partial charge in [-0.05, 0) is 52.5 Å². The normalized spacial score (nSPS) is 9.83. The molecular weight excluding hydrogens is 310 g/mol. The van der Waals surface area contributed by atoms with Crippen LogP contribution in [0.2, 0.25) is 0 Å². The summed E-state index contributed by atoms with van der Waals surface area (Å²) in [6, 6.07) is 15.2. The lowest BCUT2D eigenvalue weighted by atomic mass is 10.2. The number of para-hydroxylation sites is 1. The molecule has 0 atom stereocenters. The van der Waals surface area contributed by atoms with Crippen LogP contribution in [0, 0.1) is 11.3 Å². The van der Waals surface area contributed by atoms with Crippen LogP contribution in [0.1, 0.15) is 5.56 Å². The summed E-state index contributed by atoms with van der Waals surface area (Å²) >= 11 is 5.04. The van der Waals surface area contributed by atoms with Gasteiger partial charge in [-0.3, -0.25) is 0 Å². The van der Waals surface area contributed by atoms with Gasteiger partial charge in [0, 0.05) is 4.90 Å². The molecule has 4 heteroatoms. The van der Waals surface area contributed by atoms with Crippen molar-refractivity contribution in [2.75, 3.05) is 6.26 Å². The molecule has 18 heavy (non-hydrogen) atoms. The van der Waals surface area contributed by atoms with Crippen LogP contribution < -0.4 is 4.74 Å². The Balaban J connectivity index is 2.32. The Morgan fingerprint density at radius 3 is 2.61 bits per heavy atom. The predicted molar refractivity (Wildman–Crippen MR) is 77.2 cm³/mol. The van der Waals surface area contributed by atoms with E-state index in [1.807, 2.05) is 30.5 Å². The third-order valence-corrected chi connectivity index (χ3v) is 3.75. The molecule has 0 spiro atoms. The summed E-state index contributed by atoms with van der Waals surface area (Å²) in [5.74, 6) is 1.52. The maximum atomic E-state index is 8.81. The smallest absolute Gasteiger partial charge is 0.141 e. The number of rotatable bonds is 3. The predicted octanol–water partition coefficient (Wildman–Crippen LogP) is 4.83. The summed E-state index contributed by atoms with van der Waals surface area (Å²) in [6.07, 6.45) is 2.01. The molecular formula is C14H10BrNOS. The van der Waals surface area contributed by atoms with Gasteiger partial charge in [0.25, 0.3) is 0 Å². The molecule has 0 amide bonds. The molecule has 2 aromatic carbocycles. The van der Waals surface area contributed by atoms with Crippen molar-refractivity contribution >= 4 is 27.7 Å². The summed E-state index contributed by atoms with van der Waals surface area (Å²) in [7, 11) is 0. The zero-order valence-electron chi connectivity index (χ0n) is 9.68. The van der Waals surface area contributed by atoms with Gasteiger partial charge in [-0.1, -0.05) is 12.1 Å². The van der Waals surface area contributed by atoms with E-state index >= 15 is 0 Å². The zero-order chi connectivity index (χ0) is 13.0. The summed E-state index contributed by atoms with van der Waals surface area (Å²) in [5, 5.41) is 8.81. The van der Waals surface area contributed by atoms with Crippen LogP contribution in [0.25, 0.3) is 0 Å². The molecule has 0 aliphatic rings. The summed E-state index contributed by atoms with van der Waals surface area (Å²) in [4.78, 5) is 1.08. The number of nitrogens with zero attached hydrogens (tertiary/aromatic N) is 1. The van der Waals surface area contributed by atoms with E-state index in [0.29, 0.717) is 11.3 Å². The molecule has 0 N–H and O–H groups in total. The molecule has 0 aromatic heterocycles. The standard InChI is InChI=1S/C14H10BrNOS/c1-18-14-5-3-2-4-13(14)17-12-7-6-10(9-16)8-11(12)15/h2-8H,1H3. The van der Waals surface area contributed by atoms with E-state index in [-0.39, 0.29) is 0 Å². The van der Waals surface area contributed by atoms with Crippen LogP contribution in [0.3, 0.4) is 0 Å². The van der Waals surface area contributed by atoms with Crippen LogP contribution in [0.4, 0.5) is 0 Å². The highest BCUT2D eigenvalue weighted by Crippen LogP contribution is 2.35. The summed E-state index contributed by atoms with van der Waals surface area (Å²) < 4.78 is 6.63. The zero-order valence-corrected chi connectivity index (χ0v) is 12.1. The van der Waals surface area contributed by atoms with Gasteiger partial charge in [0.05, 0.1) is 16.1 Å². The first-order valence-corrected chi connectivity index (χ1v) is 7.27. The molecule has 0 aliphatic heterocycles. The summed E-state index contributed by atoms with van der Waals surface area (Å²) in [5.41, 5.74) is 0.604. The first-order valence-electron chi connectivity index (χ1n) is 5.25. The number of benzene rings is 2. The maximum absolute atomic E-state index is 8.81. The molecule has 0 bridgehead atoms. The van der Waals surface area contributed by atoms with Gasteiger partial charge in [-0.15, -0.1) is 11.8 Å². The SMILES string of the molecule is CSc1ccccc1Oc1ccc(C#N)cc1Br. The fraction of sp³-hybridized carbons (Fsp3) is 0.0714. The topological polar surface area (TPSA) is 33.0 Å². The van der Waals surface area contributed by atoms with Crippen molar-refractivity contribution in [3.63, 3.8) is 0 Å². The average molecular weight is 320 g/mol. The number of thioether (sulfide) groups is 1. The van der Waals surface area contributed by atoms with Gasteiger partial charge in [-0.2, -0.15) is 5.26 Å². The summed E-state index contributed by atoms with van der Waals surface area (Å²) in [6.45, 7) is 0. The number of halogens is 1. The second-order valence-corrected chi connectivity index (χ2v) is 5.21. The second kappa shape index (κ2) is 5.94. The van der Waals surface area contributed by atoms with E-state index in [4.69, 9.17) is 10.00 Å². The quantitative estimate of drug-likeness (QED) is 0.759. The molecule has 0 aliphatic carbocycles. The van der Waals surface area contributed by atoms with Gasteiger partial charge < -0.3 is 4.74 Å². The van der Waals surface area contributed by atoms with Gasteiger partial charge in [0.1, 0.15) is 11.5 Å². The third kappa shape index (κ3) is 2.87. The Labute approximate surface area is 119 Å². The van der Waals surface area contributed by atoms with Crippen LogP contribution in [0.5, 0.6) is 11.5 Å². The monoisotopic (exact) mass is 319 g/mol. The fourth-order valence-corrected chi connectivity index (χ4v) is 2.46. The highest BCUT2D eigenvalue weighted by atomic mass is 79.9. The molecule has 2 nitrogen and oxygen atoms in total. The van der Waals surface area contributed by atoms with Crippen LogP contribution in [0.15, 0.2) is 51.8 Å². The minimum absolute atomic E-state index is 0.604. The Hall–Kier alpha value is -1.44. The molecule has 2 rings (SSSR count). The molecule has 2 aromatic rings. The maximum Gasteiger partial charge on any atom is 0.141 e. The largest absolute Gasteiger partial charge is 0.455 e. The van der Waals surface area contributed by atoms with Crippen LogP contribution in [-0.4, -0.2) is 6.26 Å². The number of nitriles is 1. The van der Waals surface area contributed by atoms with Crippen molar-refractivity contribution in [3.8, 4) is 17.6 Å². The first-order chi connectivity index (χ1) is 8.74. The fourth-order valence-electron chi connectivity index (χ4n) is 1.47. The first kappa shape index (κ1) is 13.0. The van der Waals surface area contributed by atoms with Crippen molar-refractivity contribution in [2.24, 2.45) is 0 Å². The number of hydrogen-bond acceptors (Lipinski definition) is 3. The lowest BCUT2D eigenvalue weighted by molar-refractivity contribution is 0.468. The molecule has 0 heterocycles. The second-order valence-electron chi connectivity index (χ2n) is 3.51. The molecule has 0 unspecified atom stereocenters. The Kier molecular flexibility index (Phi) is 4.29. The van der Waals surface area contributed by atoms with Gasteiger partial charge in [0.15, 0.2) is 0 Å². The lowest BCUT2D eigenvalue weighted by Gasteiger charge is -2.10. The van der Waals surface area contributed by atoms with Gasteiger partial charge >= 0.3 is 0 Å². The minimum atomic E-state index is 0.604. The highest BCUT2D eigenvalue weighted by molar-refractivity contribution is 9.10. The highest BCUT2D eigenvalue weighted by Gasteiger charge is 2.07. The van der Waals surface area contributed by atoms with E-state index in [1.165, 1.54) is 0 Å². The van der Waals surface area contributed by atoms with E-state index < -0.39 is 0 Å². The lowest BCUT2D eigenvalue weighted by Crippen LogP contribution is -1.88. The Bertz CT molecular complexity index is 607. The van der Waals surface area contributed by atoms with E-state index in [0.717, 1.165) is 15.1 Å². The van der Waals surface area contributed by atoms with Crippen molar-refractivity contribution in [3.05, 3.63) is 52.5 Å². The molecule has 0 fully saturated rings. The van der Waals surface area contributed by atoms with Crippen molar-refractivity contribution in [2.45, 2.75) is 4.90 Å². The van der Waals surface area contributed by atoms with E-state index in [2.05, 4.69) is 22.0 Å². The third-order valence-electron chi connectivity index (χ3n) is 2.35. The molecule has 0 saturated carbocycles. The Morgan fingerprint density at radius 1 is 1.17 bits per heavy atom.